The second kappa shape index (κ2) is 5.64. The molecule has 0 radical (unpaired) electrons. The van der Waals surface area contributed by atoms with Crippen LogP contribution in [0.5, 0.6) is 5.75 Å². The summed E-state index contributed by atoms with van der Waals surface area (Å²) in [6.07, 6.45) is 1.61. The zero-order valence-corrected chi connectivity index (χ0v) is 12.1. The molecule has 0 saturated heterocycles. The Kier molecular flexibility index (Phi) is 4.13. The molecule has 2 aromatic rings. The van der Waals surface area contributed by atoms with Crippen molar-refractivity contribution >= 4 is 35.1 Å². The molecule has 2 rings (SSSR count). The summed E-state index contributed by atoms with van der Waals surface area (Å²) < 4.78 is 0. The van der Waals surface area contributed by atoms with E-state index in [0.29, 0.717) is 15.6 Å². The molecule has 98 valence electrons. The summed E-state index contributed by atoms with van der Waals surface area (Å²) in [6.45, 7) is 3.72. The Hall–Kier alpha value is -1.51. The minimum Gasteiger partial charge on any atom is -0.507 e. The van der Waals surface area contributed by atoms with Crippen molar-refractivity contribution in [3.05, 3.63) is 57.1 Å². The molecule has 4 heteroatoms. The molecule has 0 atom stereocenters. The normalized spacial score (nSPS) is 11.2. The number of rotatable bonds is 2. The molecule has 0 bridgehead atoms. The van der Waals surface area contributed by atoms with E-state index in [4.69, 9.17) is 23.2 Å². The van der Waals surface area contributed by atoms with Crippen molar-refractivity contribution in [1.29, 1.82) is 0 Å². The average Bonchev–Trinajstić information content (AvgIpc) is 2.38. The highest BCUT2D eigenvalue weighted by molar-refractivity contribution is 6.32. The first-order valence-electron chi connectivity index (χ1n) is 5.77. The van der Waals surface area contributed by atoms with Crippen LogP contribution >= 0.6 is 23.2 Å². The highest BCUT2D eigenvalue weighted by atomic mass is 35.5. The van der Waals surface area contributed by atoms with Gasteiger partial charge in [0.25, 0.3) is 0 Å². The summed E-state index contributed by atoms with van der Waals surface area (Å²) in [5.41, 5.74) is 3.06. The summed E-state index contributed by atoms with van der Waals surface area (Å²) in [6, 6.07) is 8.78. The van der Waals surface area contributed by atoms with E-state index < -0.39 is 0 Å². The molecule has 0 saturated carbocycles. The van der Waals surface area contributed by atoms with Gasteiger partial charge in [-0.3, -0.25) is 4.99 Å². The number of benzene rings is 2. The number of aryl methyl sites for hydroxylation is 1. The summed E-state index contributed by atoms with van der Waals surface area (Å²) in [5, 5.41) is 11.3. The summed E-state index contributed by atoms with van der Waals surface area (Å²) >= 11 is 12.0. The van der Waals surface area contributed by atoms with Crippen molar-refractivity contribution in [2.24, 2.45) is 4.99 Å². The van der Waals surface area contributed by atoms with Gasteiger partial charge in [0.1, 0.15) is 5.75 Å². The van der Waals surface area contributed by atoms with Crippen LogP contribution in [0.2, 0.25) is 10.0 Å². The monoisotopic (exact) mass is 293 g/mol. The van der Waals surface area contributed by atoms with Gasteiger partial charge >= 0.3 is 0 Å². The fraction of sp³-hybridized carbons (Fsp3) is 0.133. The molecule has 0 unspecified atom stereocenters. The van der Waals surface area contributed by atoms with E-state index in [2.05, 4.69) is 4.99 Å². The summed E-state index contributed by atoms with van der Waals surface area (Å²) in [5.74, 6) is 0.178. The van der Waals surface area contributed by atoms with E-state index in [1.165, 1.54) is 0 Å². The van der Waals surface area contributed by atoms with Crippen LogP contribution in [0, 0.1) is 13.8 Å². The minimum absolute atomic E-state index is 0.178. The average molecular weight is 294 g/mol. The van der Waals surface area contributed by atoms with Gasteiger partial charge in [-0.15, -0.1) is 0 Å². The third-order valence-electron chi connectivity index (χ3n) is 2.88. The molecule has 2 nitrogen and oxygen atoms in total. The number of nitrogens with zero attached hydrogens (tertiary/aromatic N) is 1. The van der Waals surface area contributed by atoms with Gasteiger partial charge in [0.15, 0.2) is 0 Å². The lowest BCUT2D eigenvalue weighted by Gasteiger charge is -2.08. The van der Waals surface area contributed by atoms with Crippen LogP contribution < -0.4 is 0 Å². The van der Waals surface area contributed by atoms with Crippen LogP contribution in [0.3, 0.4) is 0 Å². The first-order chi connectivity index (χ1) is 8.99. The maximum atomic E-state index is 9.95. The molecule has 0 aliphatic carbocycles. The molecule has 0 fully saturated rings. The van der Waals surface area contributed by atoms with E-state index in [1.54, 1.807) is 36.5 Å². The van der Waals surface area contributed by atoms with E-state index in [0.717, 1.165) is 16.8 Å². The number of phenolic OH excluding ortho intramolecular Hbond substituents is 1. The van der Waals surface area contributed by atoms with Gasteiger partial charge in [-0.1, -0.05) is 23.2 Å². The highest BCUT2D eigenvalue weighted by Gasteiger charge is 2.09. The molecule has 0 aliphatic rings. The minimum atomic E-state index is 0.178. The van der Waals surface area contributed by atoms with Crippen LogP contribution in [-0.2, 0) is 0 Å². The van der Waals surface area contributed by atoms with E-state index in [1.807, 2.05) is 13.8 Å². The first-order valence-corrected chi connectivity index (χ1v) is 6.53. The van der Waals surface area contributed by atoms with Crippen LogP contribution in [0.15, 0.2) is 35.3 Å². The molecule has 19 heavy (non-hydrogen) atoms. The number of phenols is 1. The predicted molar refractivity (Wildman–Crippen MR) is 81.3 cm³/mol. The quantitative estimate of drug-likeness (QED) is 0.771. The predicted octanol–water partition coefficient (Wildman–Crippen LogP) is 5.07. The number of halogens is 2. The highest BCUT2D eigenvalue weighted by Crippen LogP contribution is 2.30. The first kappa shape index (κ1) is 13.9. The van der Waals surface area contributed by atoms with Gasteiger partial charge in [0.05, 0.1) is 5.69 Å². The SMILES string of the molecule is Cc1cc(O)c(C=Nc2ccc(Cl)cc2)c(C)c1Cl. The lowest BCUT2D eigenvalue weighted by Crippen LogP contribution is -1.92. The molecule has 0 spiro atoms. The van der Waals surface area contributed by atoms with E-state index in [-0.39, 0.29) is 5.75 Å². The Morgan fingerprint density at radius 3 is 2.37 bits per heavy atom. The van der Waals surface area contributed by atoms with Crippen LogP contribution in [0.25, 0.3) is 0 Å². The molecule has 2 aromatic carbocycles. The Morgan fingerprint density at radius 2 is 1.74 bits per heavy atom. The standard InChI is InChI=1S/C15H13Cl2NO/c1-9-7-14(19)13(10(2)15(9)17)8-18-12-5-3-11(16)4-6-12/h3-8,19H,1-2H3. The van der Waals surface area contributed by atoms with Gasteiger partial charge in [0, 0.05) is 21.8 Å². The van der Waals surface area contributed by atoms with Gasteiger partial charge in [-0.2, -0.15) is 0 Å². The molecule has 0 amide bonds. The Bertz CT molecular complexity index is 634. The molecule has 0 aromatic heterocycles. The second-order valence-electron chi connectivity index (χ2n) is 4.30. The fourth-order valence-electron chi connectivity index (χ4n) is 1.78. The lowest BCUT2D eigenvalue weighted by atomic mass is 10.0. The van der Waals surface area contributed by atoms with Gasteiger partial charge in [-0.05, 0) is 55.3 Å². The largest absolute Gasteiger partial charge is 0.507 e. The third-order valence-corrected chi connectivity index (χ3v) is 3.71. The van der Waals surface area contributed by atoms with Crippen LogP contribution in [-0.4, -0.2) is 11.3 Å². The number of hydrogen-bond acceptors (Lipinski definition) is 2. The number of aliphatic imine (C=N–C) groups is 1. The number of aromatic hydroxyl groups is 1. The topological polar surface area (TPSA) is 32.6 Å². The third kappa shape index (κ3) is 3.09. The number of hydrogen-bond donors (Lipinski definition) is 1. The van der Waals surface area contributed by atoms with Crippen molar-refractivity contribution in [1.82, 2.24) is 0 Å². The lowest BCUT2D eigenvalue weighted by molar-refractivity contribution is 0.473. The van der Waals surface area contributed by atoms with E-state index in [9.17, 15) is 5.11 Å². The van der Waals surface area contributed by atoms with Crippen molar-refractivity contribution in [2.75, 3.05) is 0 Å². The molecular formula is C15H13Cl2NO. The zero-order valence-electron chi connectivity index (χ0n) is 10.6. The maximum absolute atomic E-state index is 9.95. The Labute approximate surface area is 122 Å². The van der Waals surface area contributed by atoms with Crippen LogP contribution in [0.1, 0.15) is 16.7 Å². The fourth-order valence-corrected chi connectivity index (χ4v) is 2.06. The smallest absolute Gasteiger partial charge is 0.124 e. The molecule has 0 heterocycles. The maximum Gasteiger partial charge on any atom is 0.124 e. The van der Waals surface area contributed by atoms with Crippen LogP contribution in [0.4, 0.5) is 5.69 Å². The van der Waals surface area contributed by atoms with Crippen molar-refractivity contribution < 1.29 is 5.11 Å². The Balaban J connectivity index is 2.38. The van der Waals surface area contributed by atoms with Crippen molar-refractivity contribution in [3.8, 4) is 5.75 Å². The van der Waals surface area contributed by atoms with E-state index >= 15 is 0 Å². The van der Waals surface area contributed by atoms with Crippen molar-refractivity contribution in [2.45, 2.75) is 13.8 Å². The Morgan fingerprint density at radius 1 is 1.11 bits per heavy atom. The second-order valence-corrected chi connectivity index (χ2v) is 5.11. The van der Waals surface area contributed by atoms with Gasteiger partial charge < -0.3 is 5.11 Å². The van der Waals surface area contributed by atoms with Gasteiger partial charge in [-0.25, -0.2) is 0 Å². The molecular weight excluding hydrogens is 281 g/mol. The van der Waals surface area contributed by atoms with Gasteiger partial charge in [0.2, 0.25) is 0 Å². The summed E-state index contributed by atoms with van der Waals surface area (Å²) in [7, 11) is 0. The zero-order chi connectivity index (χ0) is 14.0. The molecule has 0 aliphatic heterocycles. The molecule has 1 N–H and O–H groups in total. The van der Waals surface area contributed by atoms with Crippen molar-refractivity contribution in [3.63, 3.8) is 0 Å². The summed E-state index contributed by atoms with van der Waals surface area (Å²) in [4.78, 5) is 4.31.